The Labute approximate surface area is 153 Å². The number of anilines is 1. The predicted octanol–water partition coefficient (Wildman–Crippen LogP) is 2.84. The van der Waals surface area contributed by atoms with Crippen LogP contribution in [0, 0.1) is 11.8 Å². The van der Waals surface area contributed by atoms with Gasteiger partial charge in [0, 0.05) is 12.6 Å². The number of carbonyl (C=O) groups is 3. The molecule has 26 heavy (non-hydrogen) atoms. The van der Waals surface area contributed by atoms with Crippen LogP contribution >= 0.6 is 0 Å². The molecule has 1 saturated carbocycles. The van der Waals surface area contributed by atoms with Crippen LogP contribution in [0.5, 0.6) is 0 Å². The number of benzene rings is 1. The van der Waals surface area contributed by atoms with Crippen molar-refractivity contribution in [3.8, 4) is 0 Å². The summed E-state index contributed by atoms with van der Waals surface area (Å²) in [4.78, 5) is 39.1. The van der Waals surface area contributed by atoms with E-state index in [9.17, 15) is 14.4 Å². The number of nitrogens with zero attached hydrogens (tertiary/aromatic N) is 1. The fraction of sp³-hybridized carbons (Fsp3) is 0.550. The van der Waals surface area contributed by atoms with Crippen LogP contribution in [0.2, 0.25) is 0 Å². The maximum absolute atomic E-state index is 12.8. The topological polar surface area (TPSA) is 75.7 Å². The highest BCUT2D eigenvalue weighted by Gasteiger charge is 2.50. The Kier molecular flexibility index (Phi) is 5.59. The van der Waals surface area contributed by atoms with Crippen LogP contribution in [0.1, 0.15) is 49.4 Å². The van der Waals surface area contributed by atoms with E-state index in [-0.39, 0.29) is 23.7 Å². The Morgan fingerprint density at radius 1 is 1.19 bits per heavy atom. The number of nitrogens with one attached hydrogen (secondary N) is 1. The Morgan fingerprint density at radius 2 is 1.96 bits per heavy atom. The maximum atomic E-state index is 12.8. The van der Waals surface area contributed by atoms with Gasteiger partial charge in [0.1, 0.15) is 0 Å². The van der Waals surface area contributed by atoms with Gasteiger partial charge in [-0.2, -0.15) is 0 Å². The SMILES string of the molecule is CCC1CCCCN1C(=O)C1CC1C(=O)Nc1ccccc1C(=O)OC. The standard InChI is InChI=1S/C20H26N2O4/c1-3-13-8-6-7-11-22(13)19(24)16-12-15(16)18(23)21-17-10-5-4-9-14(17)20(25)26-2/h4-5,9-10,13,15-16H,3,6-8,11-12H2,1-2H3,(H,21,23). The molecule has 1 N–H and O–H groups in total. The summed E-state index contributed by atoms with van der Waals surface area (Å²) in [6, 6.07) is 7.04. The first-order valence-corrected chi connectivity index (χ1v) is 9.35. The molecule has 1 aliphatic carbocycles. The zero-order valence-electron chi connectivity index (χ0n) is 15.4. The number of carbonyl (C=O) groups excluding carboxylic acids is 3. The van der Waals surface area contributed by atoms with E-state index < -0.39 is 5.97 Å². The first kappa shape index (κ1) is 18.4. The second-order valence-electron chi connectivity index (χ2n) is 7.06. The van der Waals surface area contributed by atoms with Gasteiger partial charge in [0.15, 0.2) is 0 Å². The van der Waals surface area contributed by atoms with Gasteiger partial charge in [0.2, 0.25) is 11.8 Å². The fourth-order valence-corrected chi connectivity index (χ4v) is 3.79. The van der Waals surface area contributed by atoms with E-state index >= 15 is 0 Å². The second kappa shape index (κ2) is 7.89. The third-order valence-electron chi connectivity index (χ3n) is 5.42. The van der Waals surface area contributed by atoms with E-state index in [2.05, 4.69) is 12.2 Å². The summed E-state index contributed by atoms with van der Waals surface area (Å²) in [5.41, 5.74) is 0.737. The Bertz CT molecular complexity index is 703. The van der Waals surface area contributed by atoms with Crippen molar-refractivity contribution in [2.24, 2.45) is 11.8 Å². The predicted molar refractivity (Wildman–Crippen MR) is 97.7 cm³/mol. The van der Waals surface area contributed by atoms with Gasteiger partial charge in [-0.15, -0.1) is 0 Å². The molecule has 2 aliphatic rings. The molecule has 1 saturated heterocycles. The number of esters is 1. The number of amides is 2. The molecule has 0 radical (unpaired) electrons. The number of rotatable bonds is 5. The minimum absolute atomic E-state index is 0.109. The lowest BCUT2D eigenvalue weighted by molar-refractivity contribution is -0.137. The molecular weight excluding hydrogens is 332 g/mol. The van der Waals surface area contributed by atoms with Gasteiger partial charge < -0.3 is 15.0 Å². The number of methoxy groups -OCH3 is 1. The smallest absolute Gasteiger partial charge is 0.339 e. The number of likely N-dealkylation sites (tertiary alicyclic amines) is 1. The van der Waals surface area contributed by atoms with Gasteiger partial charge >= 0.3 is 5.97 Å². The highest BCUT2D eigenvalue weighted by molar-refractivity contribution is 6.04. The molecule has 1 aromatic carbocycles. The lowest BCUT2D eigenvalue weighted by Gasteiger charge is -2.35. The van der Waals surface area contributed by atoms with Gasteiger partial charge in [0.25, 0.3) is 0 Å². The van der Waals surface area contributed by atoms with Crippen LogP contribution in [0.3, 0.4) is 0 Å². The van der Waals surface area contributed by atoms with Crippen molar-refractivity contribution in [3.63, 3.8) is 0 Å². The zero-order chi connectivity index (χ0) is 18.7. The lowest BCUT2D eigenvalue weighted by Crippen LogP contribution is -2.44. The molecule has 6 nitrogen and oxygen atoms in total. The average molecular weight is 358 g/mol. The molecule has 3 atom stereocenters. The van der Waals surface area contributed by atoms with Crippen molar-refractivity contribution in [2.75, 3.05) is 19.0 Å². The molecule has 0 bridgehead atoms. The van der Waals surface area contributed by atoms with E-state index in [1.165, 1.54) is 13.5 Å². The van der Waals surface area contributed by atoms with E-state index in [0.717, 1.165) is 25.8 Å². The first-order valence-electron chi connectivity index (χ1n) is 9.35. The first-order chi connectivity index (χ1) is 12.6. The van der Waals surface area contributed by atoms with Gasteiger partial charge in [-0.3, -0.25) is 9.59 Å². The quantitative estimate of drug-likeness (QED) is 0.821. The molecule has 1 aromatic rings. The highest BCUT2D eigenvalue weighted by atomic mass is 16.5. The number of ether oxygens (including phenoxy) is 1. The second-order valence-corrected chi connectivity index (χ2v) is 7.06. The van der Waals surface area contributed by atoms with Crippen LogP contribution in [0.25, 0.3) is 0 Å². The molecule has 6 heteroatoms. The summed E-state index contributed by atoms with van der Waals surface area (Å²) in [5, 5.41) is 2.79. The normalized spacial score (nSPS) is 24.7. The van der Waals surface area contributed by atoms with Crippen LogP contribution < -0.4 is 5.32 Å². The average Bonchev–Trinajstić information content (AvgIpc) is 3.48. The summed E-state index contributed by atoms with van der Waals surface area (Å²) in [5.74, 6) is -1.13. The van der Waals surface area contributed by atoms with Crippen LogP contribution in [0.4, 0.5) is 5.69 Å². The summed E-state index contributed by atoms with van der Waals surface area (Å²) < 4.78 is 4.75. The van der Waals surface area contributed by atoms with Crippen LogP contribution in [-0.2, 0) is 14.3 Å². The molecular formula is C20H26N2O4. The summed E-state index contributed by atoms with van der Waals surface area (Å²) >= 11 is 0. The monoisotopic (exact) mass is 358 g/mol. The molecule has 0 aromatic heterocycles. The molecule has 1 aliphatic heterocycles. The zero-order valence-corrected chi connectivity index (χ0v) is 15.4. The third-order valence-corrected chi connectivity index (χ3v) is 5.42. The molecule has 0 spiro atoms. The number of para-hydroxylation sites is 1. The van der Waals surface area contributed by atoms with Crippen LogP contribution in [0.15, 0.2) is 24.3 Å². The highest BCUT2D eigenvalue weighted by Crippen LogP contribution is 2.42. The van der Waals surface area contributed by atoms with E-state index in [4.69, 9.17) is 4.74 Å². The number of piperidine rings is 1. The summed E-state index contributed by atoms with van der Waals surface area (Å²) in [6.45, 7) is 2.91. The molecule has 3 rings (SSSR count). The molecule has 2 fully saturated rings. The van der Waals surface area contributed by atoms with Crippen molar-refractivity contribution >= 4 is 23.5 Å². The minimum atomic E-state index is -0.497. The van der Waals surface area contributed by atoms with E-state index in [1.54, 1.807) is 24.3 Å². The van der Waals surface area contributed by atoms with Crippen molar-refractivity contribution in [1.82, 2.24) is 4.90 Å². The fourth-order valence-electron chi connectivity index (χ4n) is 3.79. The number of hydrogen-bond acceptors (Lipinski definition) is 4. The van der Waals surface area contributed by atoms with Crippen LogP contribution in [-0.4, -0.2) is 42.4 Å². The van der Waals surface area contributed by atoms with Crippen molar-refractivity contribution in [2.45, 2.75) is 45.1 Å². The maximum Gasteiger partial charge on any atom is 0.339 e. The van der Waals surface area contributed by atoms with Gasteiger partial charge in [-0.05, 0) is 44.2 Å². The van der Waals surface area contributed by atoms with Gasteiger partial charge in [-0.1, -0.05) is 19.1 Å². The third kappa shape index (κ3) is 3.74. The Morgan fingerprint density at radius 3 is 2.69 bits per heavy atom. The Balaban J connectivity index is 1.63. The van der Waals surface area contributed by atoms with E-state index in [0.29, 0.717) is 23.7 Å². The van der Waals surface area contributed by atoms with Gasteiger partial charge in [0.05, 0.1) is 30.2 Å². The van der Waals surface area contributed by atoms with E-state index in [1.807, 2.05) is 4.90 Å². The summed E-state index contributed by atoms with van der Waals surface area (Å²) in [7, 11) is 1.30. The molecule has 1 heterocycles. The van der Waals surface area contributed by atoms with Crippen molar-refractivity contribution in [3.05, 3.63) is 29.8 Å². The molecule has 2 amide bonds. The Hall–Kier alpha value is -2.37. The molecule has 140 valence electrons. The van der Waals surface area contributed by atoms with Crippen molar-refractivity contribution < 1.29 is 19.1 Å². The summed E-state index contributed by atoms with van der Waals surface area (Å²) in [6.07, 6.45) is 4.80. The molecule has 3 unspecified atom stereocenters. The number of hydrogen-bond donors (Lipinski definition) is 1. The van der Waals surface area contributed by atoms with Crippen molar-refractivity contribution in [1.29, 1.82) is 0 Å². The largest absolute Gasteiger partial charge is 0.465 e. The van der Waals surface area contributed by atoms with Gasteiger partial charge in [-0.25, -0.2) is 4.79 Å². The minimum Gasteiger partial charge on any atom is -0.465 e. The lowest BCUT2D eigenvalue weighted by atomic mass is 9.99.